The number of phenols is 1. The monoisotopic (exact) mass is 495 g/mol. The standard InChI is InChI=1S/C21H15ClN2O.C2H6.CHF3OS/c1-24-17(9-5-15-13-16(22)7-10-19(15)24)8-4-14-6-11-20(25)21-18(14)3-2-12-23-21;1-2;2-1(3,4)6-5/h2-13H,1H3;1-2H3;5H/p+1. The number of aromatic hydroxyl groups is 1. The molecular weight excluding hydrogens is 473 g/mol. The second-order valence-corrected chi connectivity index (χ2v) is 7.55. The van der Waals surface area contributed by atoms with Gasteiger partial charge in [-0.25, -0.2) is 0 Å². The summed E-state index contributed by atoms with van der Waals surface area (Å²) < 4.78 is 40.8. The van der Waals surface area contributed by atoms with Crippen LogP contribution in [-0.4, -0.2) is 20.2 Å². The highest BCUT2D eigenvalue weighted by molar-refractivity contribution is 7.94. The van der Waals surface area contributed by atoms with Crippen LogP contribution >= 0.6 is 23.6 Å². The van der Waals surface area contributed by atoms with Crippen molar-refractivity contribution in [3.63, 3.8) is 0 Å². The summed E-state index contributed by atoms with van der Waals surface area (Å²) in [5.41, 5.74) is -0.678. The van der Waals surface area contributed by atoms with Gasteiger partial charge >= 0.3 is 5.51 Å². The van der Waals surface area contributed by atoms with Crippen LogP contribution in [0.15, 0.2) is 60.8 Å². The molecule has 2 aromatic carbocycles. The molecule has 2 heterocycles. The molecule has 0 aliphatic rings. The van der Waals surface area contributed by atoms with E-state index in [-0.39, 0.29) is 5.75 Å². The first-order valence-corrected chi connectivity index (χ1v) is 11.1. The lowest BCUT2D eigenvalue weighted by molar-refractivity contribution is -0.646. The number of aryl methyl sites for hydroxylation is 1. The Morgan fingerprint density at radius 1 is 1.03 bits per heavy atom. The van der Waals surface area contributed by atoms with Gasteiger partial charge in [-0.05, 0) is 42.0 Å². The van der Waals surface area contributed by atoms with Crippen LogP contribution in [-0.2, 0) is 7.05 Å². The highest BCUT2D eigenvalue weighted by atomic mass is 35.5. The van der Waals surface area contributed by atoms with E-state index in [1.807, 2.05) is 63.4 Å². The Kier molecular flexibility index (Phi) is 9.52. The fourth-order valence-corrected chi connectivity index (χ4v) is 3.24. The average molecular weight is 496 g/mol. The molecule has 0 saturated carbocycles. The van der Waals surface area contributed by atoms with Crippen LogP contribution in [0, 0.1) is 0 Å². The van der Waals surface area contributed by atoms with Crippen molar-refractivity contribution in [3.05, 3.63) is 77.1 Å². The number of aromatic nitrogens is 2. The largest absolute Gasteiger partial charge is 0.506 e. The first-order valence-electron chi connectivity index (χ1n) is 9.92. The Morgan fingerprint density at radius 3 is 2.39 bits per heavy atom. The SMILES string of the molecule is CC.C[n+]1c(/C=C/c2ccc(O)c3ncccc23)ccc2cc(Cl)ccc21.OSC(F)(F)F. The topological polar surface area (TPSA) is 57.2 Å². The number of pyridine rings is 2. The predicted molar refractivity (Wildman–Crippen MR) is 130 cm³/mol. The molecule has 0 spiro atoms. The minimum Gasteiger partial charge on any atom is -0.506 e. The van der Waals surface area contributed by atoms with Crippen LogP contribution in [0.25, 0.3) is 34.0 Å². The number of fused-ring (bicyclic) bond motifs is 2. The summed E-state index contributed by atoms with van der Waals surface area (Å²) in [5, 5.41) is 12.7. The number of benzene rings is 2. The summed E-state index contributed by atoms with van der Waals surface area (Å²) in [6.45, 7) is 4.00. The van der Waals surface area contributed by atoms with E-state index in [2.05, 4.69) is 27.8 Å². The lowest BCUT2D eigenvalue weighted by Gasteiger charge is -2.04. The third-order valence-electron chi connectivity index (χ3n) is 4.49. The van der Waals surface area contributed by atoms with Crippen LogP contribution in [0.3, 0.4) is 0 Å². The summed E-state index contributed by atoms with van der Waals surface area (Å²) >= 11 is 4.95. The van der Waals surface area contributed by atoms with Gasteiger partial charge in [0, 0.05) is 40.2 Å². The normalized spacial score (nSPS) is 11.2. The molecule has 0 amide bonds. The maximum atomic E-state index is 10.5. The van der Waals surface area contributed by atoms with E-state index in [1.54, 1.807) is 12.3 Å². The van der Waals surface area contributed by atoms with Gasteiger partial charge in [-0.15, -0.1) is 0 Å². The Hall–Kier alpha value is -2.81. The number of halogens is 4. The molecule has 33 heavy (non-hydrogen) atoms. The smallest absolute Gasteiger partial charge is 0.467 e. The van der Waals surface area contributed by atoms with E-state index in [1.165, 1.54) is 0 Å². The number of phenolic OH excluding ortho intramolecular Hbond substituents is 1. The summed E-state index contributed by atoms with van der Waals surface area (Å²) in [4.78, 5) is 4.26. The number of hydrogen-bond acceptors (Lipinski definition) is 4. The molecule has 0 aliphatic heterocycles. The lowest BCUT2D eigenvalue weighted by Crippen LogP contribution is -2.32. The van der Waals surface area contributed by atoms with Gasteiger partial charge in [0.05, 0.1) is 0 Å². The fraction of sp³-hybridized carbons (Fsp3) is 0.167. The number of nitrogens with zero attached hydrogens (tertiary/aromatic N) is 2. The predicted octanol–water partition coefficient (Wildman–Crippen LogP) is 7.48. The minimum atomic E-state index is -4.49. The van der Waals surface area contributed by atoms with Crippen molar-refractivity contribution in [2.75, 3.05) is 0 Å². The molecule has 4 aromatic rings. The van der Waals surface area contributed by atoms with Gasteiger partial charge in [0.1, 0.15) is 30.4 Å². The molecule has 0 saturated heterocycles. The highest BCUT2D eigenvalue weighted by Crippen LogP contribution is 2.27. The number of hydrogen-bond donors (Lipinski definition) is 2. The van der Waals surface area contributed by atoms with Crippen molar-refractivity contribution in [2.24, 2.45) is 7.05 Å². The van der Waals surface area contributed by atoms with Crippen molar-refractivity contribution in [1.29, 1.82) is 0 Å². The molecule has 0 fully saturated rings. The Morgan fingerprint density at radius 2 is 1.73 bits per heavy atom. The molecule has 174 valence electrons. The zero-order valence-electron chi connectivity index (χ0n) is 18.1. The minimum absolute atomic E-state index is 0.195. The van der Waals surface area contributed by atoms with E-state index in [4.69, 9.17) is 16.2 Å². The first-order chi connectivity index (χ1) is 15.7. The third kappa shape index (κ3) is 7.08. The fourth-order valence-electron chi connectivity index (χ4n) is 3.06. The molecular formula is C24H23ClF3N2O2S+. The second kappa shape index (κ2) is 11.9. The van der Waals surface area contributed by atoms with Crippen LogP contribution in [0.1, 0.15) is 25.1 Å². The second-order valence-electron chi connectivity index (χ2n) is 6.46. The van der Waals surface area contributed by atoms with E-state index in [9.17, 15) is 18.3 Å². The molecule has 9 heteroatoms. The van der Waals surface area contributed by atoms with Gasteiger partial charge in [0.2, 0.25) is 11.2 Å². The molecule has 0 bridgehead atoms. The summed E-state index contributed by atoms with van der Waals surface area (Å²) in [6, 6.07) is 17.4. The number of rotatable bonds is 2. The molecule has 2 N–H and O–H groups in total. The third-order valence-corrected chi connectivity index (χ3v) is 4.93. The van der Waals surface area contributed by atoms with Crippen LogP contribution < -0.4 is 4.57 Å². The van der Waals surface area contributed by atoms with E-state index >= 15 is 0 Å². The van der Waals surface area contributed by atoms with E-state index in [0.29, 0.717) is 5.52 Å². The van der Waals surface area contributed by atoms with Gasteiger partial charge in [-0.3, -0.25) is 4.98 Å². The Labute approximate surface area is 199 Å². The van der Waals surface area contributed by atoms with E-state index in [0.717, 1.165) is 32.6 Å². The summed E-state index contributed by atoms with van der Waals surface area (Å²) in [7, 11) is 2.03. The van der Waals surface area contributed by atoms with Crippen LogP contribution in [0.2, 0.25) is 5.02 Å². The van der Waals surface area contributed by atoms with Gasteiger partial charge < -0.3 is 9.66 Å². The average Bonchev–Trinajstić information content (AvgIpc) is 2.81. The Balaban J connectivity index is 0.000000421. The molecule has 4 rings (SSSR count). The van der Waals surface area contributed by atoms with E-state index < -0.39 is 17.6 Å². The molecule has 0 atom stereocenters. The van der Waals surface area contributed by atoms with Gasteiger partial charge in [-0.1, -0.05) is 37.6 Å². The maximum absolute atomic E-state index is 10.5. The van der Waals surface area contributed by atoms with Gasteiger partial charge in [-0.2, -0.15) is 17.7 Å². The lowest BCUT2D eigenvalue weighted by atomic mass is 10.1. The molecule has 0 unspecified atom stereocenters. The summed E-state index contributed by atoms with van der Waals surface area (Å²) in [6.07, 6.45) is 5.79. The van der Waals surface area contributed by atoms with Crippen LogP contribution in [0.4, 0.5) is 13.2 Å². The van der Waals surface area contributed by atoms with Crippen molar-refractivity contribution >= 4 is 57.6 Å². The molecule has 4 nitrogen and oxygen atoms in total. The van der Waals surface area contributed by atoms with Crippen molar-refractivity contribution in [1.82, 2.24) is 4.98 Å². The maximum Gasteiger partial charge on any atom is 0.467 e. The number of alkyl halides is 3. The first kappa shape index (κ1) is 26.4. The quantitative estimate of drug-likeness (QED) is 0.223. The molecule has 0 aliphatic carbocycles. The Bertz CT molecular complexity index is 1260. The zero-order chi connectivity index (χ0) is 24.6. The van der Waals surface area contributed by atoms with Crippen LogP contribution in [0.5, 0.6) is 5.75 Å². The molecule has 0 radical (unpaired) electrons. The van der Waals surface area contributed by atoms with Crippen molar-refractivity contribution in [2.45, 2.75) is 19.4 Å². The molecule has 2 aromatic heterocycles. The highest BCUT2D eigenvalue weighted by Gasteiger charge is 2.27. The van der Waals surface area contributed by atoms with Gasteiger partial charge in [0.25, 0.3) is 0 Å². The van der Waals surface area contributed by atoms with Crippen molar-refractivity contribution in [3.8, 4) is 5.75 Å². The zero-order valence-corrected chi connectivity index (χ0v) is 19.7. The van der Waals surface area contributed by atoms with Gasteiger partial charge in [0.15, 0.2) is 0 Å². The van der Waals surface area contributed by atoms with Crippen molar-refractivity contribution < 1.29 is 27.4 Å². The summed E-state index contributed by atoms with van der Waals surface area (Å²) in [5.74, 6) is 0.195.